The Hall–Kier alpha value is -0.450. The first-order valence-corrected chi connectivity index (χ1v) is 7.76. The number of aromatic nitrogens is 1. The van der Waals surface area contributed by atoms with Crippen LogP contribution in [-0.2, 0) is 11.2 Å². The highest BCUT2D eigenvalue weighted by Crippen LogP contribution is 2.33. The molecule has 3 nitrogen and oxygen atoms in total. The van der Waals surface area contributed by atoms with Crippen molar-refractivity contribution in [1.82, 2.24) is 4.98 Å². The lowest BCUT2D eigenvalue weighted by molar-refractivity contribution is -0.0432. The lowest BCUT2D eigenvalue weighted by Crippen LogP contribution is -2.50. The summed E-state index contributed by atoms with van der Waals surface area (Å²) in [6.45, 7) is 2.04. The van der Waals surface area contributed by atoms with Gasteiger partial charge < -0.3 is 10.5 Å². The second-order valence-electron chi connectivity index (χ2n) is 5.35. The van der Waals surface area contributed by atoms with Crippen LogP contribution in [0, 0.1) is 6.92 Å². The smallest absolute Gasteiger partial charge is 0.0897 e. The molecule has 0 spiro atoms. The average Bonchev–Trinajstić information content (AvgIpc) is 2.65. The van der Waals surface area contributed by atoms with Gasteiger partial charge in [0.25, 0.3) is 0 Å². The van der Waals surface area contributed by atoms with Crippen molar-refractivity contribution in [3.05, 3.63) is 16.1 Å². The fraction of sp³-hybridized carbons (Fsp3) is 0.786. The number of hydrogen-bond acceptors (Lipinski definition) is 4. The molecule has 0 radical (unpaired) electrons. The Bertz CT molecular complexity index is 370. The lowest BCUT2D eigenvalue weighted by Gasteiger charge is -2.37. The Morgan fingerprint density at radius 1 is 1.39 bits per heavy atom. The molecular formula is C14H24N2OS. The van der Waals surface area contributed by atoms with Crippen LogP contribution in [0.1, 0.15) is 49.2 Å². The third kappa shape index (κ3) is 3.11. The Labute approximate surface area is 114 Å². The van der Waals surface area contributed by atoms with Crippen LogP contribution in [0.25, 0.3) is 0 Å². The van der Waals surface area contributed by atoms with Gasteiger partial charge in [0.15, 0.2) is 0 Å². The van der Waals surface area contributed by atoms with Gasteiger partial charge in [-0.3, -0.25) is 0 Å². The summed E-state index contributed by atoms with van der Waals surface area (Å²) in [4.78, 5) is 4.52. The van der Waals surface area contributed by atoms with E-state index < -0.39 is 0 Å². The van der Waals surface area contributed by atoms with E-state index in [0.29, 0.717) is 0 Å². The zero-order valence-corrected chi connectivity index (χ0v) is 12.3. The monoisotopic (exact) mass is 268 g/mol. The molecule has 1 fully saturated rings. The van der Waals surface area contributed by atoms with Crippen molar-refractivity contribution < 1.29 is 4.74 Å². The first-order valence-electron chi connectivity index (χ1n) is 6.88. The van der Waals surface area contributed by atoms with Crippen molar-refractivity contribution in [2.75, 3.05) is 7.11 Å². The van der Waals surface area contributed by atoms with Crippen LogP contribution in [0.2, 0.25) is 0 Å². The first kappa shape index (κ1) is 14.0. The maximum atomic E-state index is 6.44. The van der Waals surface area contributed by atoms with Crippen molar-refractivity contribution in [1.29, 1.82) is 0 Å². The van der Waals surface area contributed by atoms with Gasteiger partial charge in [-0.2, -0.15) is 0 Å². The van der Waals surface area contributed by atoms with Crippen LogP contribution in [0.5, 0.6) is 0 Å². The van der Waals surface area contributed by atoms with Crippen LogP contribution in [0.4, 0.5) is 0 Å². The fourth-order valence-corrected chi connectivity index (χ4v) is 3.59. The molecule has 0 amide bonds. The quantitative estimate of drug-likeness (QED) is 0.854. The number of aryl methyl sites for hydroxylation is 1. The maximum Gasteiger partial charge on any atom is 0.0897 e. The van der Waals surface area contributed by atoms with Gasteiger partial charge in [-0.25, -0.2) is 4.98 Å². The van der Waals surface area contributed by atoms with Gasteiger partial charge >= 0.3 is 0 Å². The molecule has 0 aliphatic heterocycles. The highest BCUT2D eigenvalue weighted by molar-refractivity contribution is 7.09. The molecule has 1 aromatic heterocycles. The van der Waals surface area contributed by atoms with Gasteiger partial charge in [0.2, 0.25) is 0 Å². The normalized spacial score (nSPS) is 21.5. The zero-order valence-electron chi connectivity index (χ0n) is 11.4. The molecule has 2 rings (SSSR count). The summed E-state index contributed by atoms with van der Waals surface area (Å²) in [7, 11) is 1.82. The summed E-state index contributed by atoms with van der Waals surface area (Å²) in [5.74, 6) is 0. The molecule has 4 heteroatoms. The second-order valence-corrected chi connectivity index (χ2v) is 6.41. The summed E-state index contributed by atoms with van der Waals surface area (Å²) in [5, 5.41) is 3.24. The predicted octanol–water partition coefficient (Wildman–Crippen LogP) is 3.06. The summed E-state index contributed by atoms with van der Waals surface area (Å²) in [5.41, 5.74) is 7.43. The third-order valence-corrected chi connectivity index (χ3v) is 4.95. The minimum Gasteiger partial charge on any atom is -0.377 e. The van der Waals surface area contributed by atoms with Crippen LogP contribution in [0.3, 0.4) is 0 Å². The molecule has 1 aliphatic rings. The number of hydrogen-bond donors (Lipinski definition) is 1. The van der Waals surface area contributed by atoms with Gasteiger partial charge in [-0.15, -0.1) is 11.3 Å². The van der Waals surface area contributed by atoms with E-state index in [0.717, 1.165) is 30.0 Å². The maximum absolute atomic E-state index is 6.44. The molecule has 1 atom stereocenters. The molecule has 0 bridgehead atoms. The van der Waals surface area contributed by atoms with Crippen molar-refractivity contribution in [2.45, 2.75) is 63.5 Å². The molecule has 1 unspecified atom stereocenters. The topological polar surface area (TPSA) is 48.1 Å². The largest absolute Gasteiger partial charge is 0.377 e. The van der Waals surface area contributed by atoms with Crippen LogP contribution >= 0.6 is 11.3 Å². The van der Waals surface area contributed by atoms with E-state index in [-0.39, 0.29) is 11.6 Å². The van der Waals surface area contributed by atoms with Crippen molar-refractivity contribution in [2.24, 2.45) is 5.73 Å². The van der Waals surface area contributed by atoms with E-state index in [2.05, 4.69) is 10.4 Å². The van der Waals surface area contributed by atoms with Crippen LogP contribution in [-0.4, -0.2) is 23.7 Å². The molecule has 2 N–H and O–H groups in total. The van der Waals surface area contributed by atoms with Gasteiger partial charge in [0.1, 0.15) is 0 Å². The Morgan fingerprint density at radius 3 is 2.56 bits per heavy atom. The molecule has 0 saturated heterocycles. The van der Waals surface area contributed by atoms with E-state index in [4.69, 9.17) is 10.5 Å². The molecular weight excluding hydrogens is 244 g/mol. The van der Waals surface area contributed by atoms with E-state index in [1.165, 1.54) is 25.7 Å². The molecule has 102 valence electrons. The van der Waals surface area contributed by atoms with E-state index in [1.54, 1.807) is 11.3 Å². The number of nitrogens with two attached hydrogens (primary N) is 1. The number of thiazole rings is 1. The number of methoxy groups -OCH3 is 1. The number of nitrogens with zero attached hydrogens (tertiary/aromatic N) is 1. The van der Waals surface area contributed by atoms with Crippen molar-refractivity contribution >= 4 is 11.3 Å². The average molecular weight is 268 g/mol. The molecule has 1 aliphatic carbocycles. The molecule has 18 heavy (non-hydrogen) atoms. The van der Waals surface area contributed by atoms with E-state index in [1.807, 2.05) is 14.0 Å². The number of rotatable bonds is 4. The predicted molar refractivity (Wildman–Crippen MR) is 76.0 cm³/mol. The van der Waals surface area contributed by atoms with E-state index >= 15 is 0 Å². The fourth-order valence-electron chi connectivity index (χ4n) is 2.97. The standard InChI is InChI=1S/C14H24N2OS/c1-11-16-12(10-18-11)9-13(15)14(17-2)7-5-3-4-6-8-14/h10,13H,3-9,15H2,1-2H3. The third-order valence-electron chi connectivity index (χ3n) is 4.13. The summed E-state index contributed by atoms with van der Waals surface area (Å²) in [6.07, 6.45) is 8.11. The molecule has 1 heterocycles. The van der Waals surface area contributed by atoms with Crippen molar-refractivity contribution in [3.63, 3.8) is 0 Å². The zero-order chi connectivity index (χ0) is 13.0. The Balaban J connectivity index is 2.06. The van der Waals surface area contributed by atoms with E-state index in [9.17, 15) is 0 Å². The van der Waals surface area contributed by atoms with Crippen molar-refractivity contribution in [3.8, 4) is 0 Å². The summed E-state index contributed by atoms with van der Waals surface area (Å²) >= 11 is 1.70. The van der Waals surface area contributed by atoms with Gasteiger partial charge in [0, 0.05) is 25.0 Å². The molecule has 0 aromatic carbocycles. The molecule has 1 aromatic rings. The Kier molecular flexibility index (Phi) is 4.76. The lowest BCUT2D eigenvalue weighted by atomic mass is 9.84. The summed E-state index contributed by atoms with van der Waals surface area (Å²) in [6, 6.07) is 0.0575. The number of ether oxygens (including phenoxy) is 1. The van der Waals surface area contributed by atoms with Crippen LogP contribution in [0.15, 0.2) is 5.38 Å². The van der Waals surface area contributed by atoms with Gasteiger partial charge in [-0.1, -0.05) is 25.7 Å². The summed E-state index contributed by atoms with van der Waals surface area (Å²) < 4.78 is 5.85. The second kappa shape index (κ2) is 6.13. The highest BCUT2D eigenvalue weighted by atomic mass is 32.1. The van der Waals surface area contributed by atoms with Gasteiger partial charge in [0.05, 0.1) is 16.3 Å². The molecule has 1 saturated carbocycles. The SMILES string of the molecule is COC1(C(N)Cc2csc(C)n2)CCCCCC1. The van der Waals surface area contributed by atoms with Gasteiger partial charge in [-0.05, 0) is 19.8 Å². The first-order chi connectivity index (χ1) is 8.66. The van der Waals surface area contributed by atoms with Crippen LogP contribution < -0.4 is 5.73 Å². The minimum atomic E-state index is -0.131. The highest BCUT2D eigenvalue weighted by Gasteiger charge is 2.37. The minimum absolute atomic E-state index is 0.0575. The Morgan fingerprint density at radius 2 is 2.06 bits per heavy atom.